The van der Waals surface area contributed by atoms with Crippen LogP contribution in [0.2, 0.25) is 0 Å². The van der Waals surface area contributed by atoms with Gasteiger partial charge in [0.2, 0.25) is 5.91 Å². The first kappa shape index (κ1) is 13.0. The van der Waals surface area contributed by atoms with E-state index in [4.69, 9.17) is 0 Å². The molecule has 1 saturated heterocycles. The van der Waals surface area contributed by atoms with Gasteiger partial charge >= 0.3 is 0 Å². The zero-order chi connectivity index (χ0) is 11.1. The number of halogens is 1. The average molecular weight is 276 g/mol. The summed E-state index contributed by atoms with van der Waals surface area (Å²) in [6, 6.07) is 0. The fraction of sp³-hybridized carbons (Fsp3) is 0.917. The second-order valence-electron chi connectivity index (χ2n) is 4.37. The van der Waals surface area contributed by atoms with Crippen LogP contribution in [0.25, 0.3) is 0 Å². The molecule has 88 valence electrons. The topological polar surface area (TPSA) is 20.3 Å². The third-order valence-electron chi connectivity index (χ3n) is 3.02. The van der Waals surface area contributed by atoms with E-state index in [1.54, 1.807) is 0 Å². The molecule has 0 aromatic heterocycles. The summed E-state index contributed by atoms with van der Waals surface area (Å²) in [5, 5.41) is 0. The van der Waals surface area contributed by atoms with E-state index in [1.165, 1.54) is 19.3 Å². The predicted molar refractivity (Wildman–Crippen MR) is 67.3 cm³/mol. The number of nitrogens with zero attached hydrogens (tertiary/aromatic N) is 1. The number of hydrogen-bond donors (Lipinski definition) is 0. The molecule has 0 bridgehead atoms. The summed E-state index contributed by atoms with van der Waals surface area (Å²) in [5.41, 5.74) is 0. The number of likely N-dealkylation sites (tertiary alicyclic amines) is 1. The standard InChI is InChI=1S/C12H22BrNO/c1-2-3-4-5-6-12(15)14-9-7-11(13)8-10-14/h11H,2-10H2,1H3. The van der Waals surface area contributed by atoms with Gasteiger partial charge in [0.05, 0.1) is 0 Å². The molecule has 0 N–H and O–H groups in total. The summed E-state index contributed by atoms with van der Waals surface area (Å²) in [6.07, 6.45) is 7.76. The molecule has 1 aliphatic rings. The normalized spacial score (nSPS) is 18.1. The largest absolute Gasteiger partial charge is 0.343 e. The highest BCUT2D eigenvalue weighted by atomic mass is 79.9. The van der Waals surface area contributed by atoms with Crippen molar-refractivity contribution < 1.29 is 4.79 Å². The number of rotatable bonds is 5. The number of carbonyl (C=O) groups excluding carboxylic acids is 1. The number of unbranched alkanes of at least 4 members (excludes halogenated alkanes) is 3. The van der Waals surface area contributed by atoms with Gasteiger partial charge in [0.25, 0.3) is 0 Å². The molecule has 1 amide bonds. The van der Waals surface area contributed by atoms with Gasteiger partial charge < -0.3 is 4.90 Å². The van der Waals surface area contributed by atoms with E-state index >= 15 is 0 Å². The molecule has 0 saturated carbocycles. The van der Waals surface area contributed by atoms with Crippen LogP contribution in [0.1, 0.15) is 51.9 Å². The first-order valence-electron chi connectivity index (χ1n) is 6.16. The lowest BCUT2D eigenvalue weighted by Gasteiger charge is -2.29. The average Bonchev–Trinajstić information content (AvgIpc) is 2.25. The van der Waals surface area contributed by atoms with Crippen LogP contribution in [0, 0.1) is 0 Å². The minimum atomic E-state index is 0.366. The van der Waals surface area contributed by atoms with Crippen LogP contribution in [0.5, 0.6) is 0 Å². The zero-order valence-corrected chi connectivity index (χ0v) is 11.3. The Labute approximate surface area is 102 Å². The van der Waals surface area contributed by atoms with Gasteiger partial charge in [-0.1, -0.05) is 42.1 Å². The zero-order valence-electron chi connectivity index (χ0n) is 9.67. The number of piperidine rings is 1. The Morgan fingerprint density at radius 1 is 1.27 bits per heavy atom. The van der Waals surface area contributed by atoms with Gasteiger partial charge in [0.15, 0.2) is 0 Å². The van der Waals surface area contributed by atoms with Gasteiger partial charge in [-0.25, -0.2) is 0 Å². The second kappa shape index (κ2) is 7.26. The van der Waals surface area contributed by atoms with Crippen molar-refractivity contribution in [2.75, 3.05) is 13.1 Å². The molecule has 3 heteroatoms. The molecule has 1 heterocycles. The van der Waals surface area contributed by atoms with Crippen LogP contribution in [0.4, 0.5) is 0 Å². The maximum absolute atomic E-state index is 11.8. The van der Waals surface area contributed by atoms with Crippen LogP contribution in [0.3, 0.4) is 0 Å². The first-order valence-corrected chi connectivity index (χ1v) is 7.07. The van der Waals surface area contributed by atoms with Crippen LogP contribution in [0.15, 0.2) is 0 Å². The van der Waals surface area contributed by atoms with Crippen LogP contribution in [-0.2, 0) is 4.79 Å². The summed E-state index contributed by atoms with van der Waals surface area (Å²) in [7, 11) is 0. The van der Waals surface area contributed by atoms with Gasteiger partial charge in [0.1, 0.15) is 0 Å². The molecule has 0 aromatic carbocycles. The molecule has 0 radical (unpaired) electrons. The first-order chi connectivity index (χ1) is 7.24. The van der Waals surface area contributed by atoms with E-state index in [0.29, 0.717) is 10.7 Å². The highest BCUT2D eigenvalue weighted by molar-refractivity contribution is 9.09. The molecule has 15 heavy (non-hydrogen) atoms. The molecule has 0 aliphatic carbocycles. The third kappa shape index (κ3) is 5.01. The summed E-state index contributed by atoms with van der Waals surface area (Å²) in [5.74, 6) is 0.366. The van der Waals surface area contributed by atoms with Crippen molar-refractivity contribution in [3.05, 3.63) is 0 Å². The molecule has 2 nitrogen and oxygen atoms in total. The monoisotopic (exact) mass is 275 g/mol. The van der Waals surface area contributed by atoms with Gasteiger partial charge in [-0.15, -0.1) is 0 Å². The van der Waals surface area contributed by atoms with Crippen molar-refractivity contribution in [1.29, 1.82) is 0 Å². The maximum atomic E-state index is 11.8. The Kier molecular flexibility index (Phi) is 6.30. The molecule has 0 aromatic rings. The SMILES string of the molecule is CCCCCCC(=O)N1CCC(Br)CC1. The second-order valence-corrected chi connectivity index (χ2v) is 5.66. The molecule has 1 rings (SSSR count). The molecule has 0 atom stereocenters. The van der Waals surface area contributed by atoms with Crippen molar-refractivity contribution in [2.45, 2.75) is 56.7 Å². The third-order valence-corrected chi connectivity index (χ3v) is 3.94. The van der Waals surface area contributed by atoms with Crippen molar-refractivity contribution >= 4 is 21.8 Å². The highest BCUT2D eigenvalue weighted by Gasteiger charge is 2.20. The quantitative estimate of drug-likeness (QED) is 0.557. The summed E-state index contributed by atoms with van der Waals surface area (Å²) < 4.78 is 0. The Morgan fingerprint density at radius 2 is 1.93 bits per heavy atom. The van der Waals surface area contributed by atoms with Crippen LogP contribution < -0.4 is 0 Å². The summed E-state index contributed by atoms with van der Waals surface area (Å²) >= 11 is 3.60. The number of alkyl halides is 1. The lowest BCUT2D eigenvalue weighted by atomic mass is 10.1. The van der Waals surface area contributed by atoms with Crippen LogP contribution in [-0.4, -0.2) is 28.7 Å². The molecule has 0 spiro atoms. The minimum absolute atomic E-state index is 0.366. The van der Waals surface area contributed by atoms with E-state index in [1.807, 2.05) is 4.90 Å². The number of amides is 1. The maximum Gasteiger partial charge on any atom is 0.222 e. The smallest absolute Gasteiger partial charge is 0.222 e. The Balaban J connectivity index is 2.11. The van der Waals surface area contributed by atoms with Crippen molar-refractivity contribution in [3.63, 3.8) is 0 Å². The highest BCUT2D eigenvalue weighted by Crippen LogP contribution is 2.18. The molecular weight excluding hydrogens is 254 g/mol. The van der Waals surface area contributed by atoms with Gasteiger partial charge in [-0.05, 0) is 19.3 Å². The Hall–Kier alpha value is -0.0500. The number of hydrogen-bond acceptors (Lipinski definition) is 1. The van der Waals surface area contributed by atoms with Crippen molar-refractivity contribution in [1.82, 2.24) is 4.90 Å². The fourth-order valence-corrected chi connectivity index (χ4v) is 2.37. The lowest BCUT2D eigenvalue weighted by molar-refractivity contribution is -0.132. The Bertz CT molecular complexity index is 188. The van der Waals surface area contributed by atoms with Crippen LogP contribution >= 0.6 is 15.9 Å². The summed E-state index contributed by atoms with van der Waals surface area (Å²) in [4.78, 5) is 14.4. The fourth-order valence-electron chi connectivity index (χ4n) is 1.96. The van der Waals surface area contributed by atoms with Gasteiger partial charge in [0, 0.05) is 24.3 Å². The van der Waals surface area contributed by atoms with Gasteiger partial charge in [-0.2, -0.15) is 0 Å². The minimum Gasteiger partial charge on any atom is -0.343 e. The van der Waals surface area contributed by atoms with E-state index in [9.17, 15) is 4.79 Å². The number of carbonyl (C=O) groups is 1. The van der Waals surface area contributed by atoms with E-state index in [-0.39, 0.29) is 0 Å². The molecular formula is C12H22BrNO. The molecule has 0 unspecified atom stereocenters. The molecule has 1 fully saturated rings. The predicted octanol–water partition coefficient (Wildman–Crippen LogP) is 3.34. The Morgan fingerprint density at radius 3 is 2.53 bits per heavy atom. The molecule has 1 aliphatic heterocycles. The van der Waals surface area contributed by atoms with Gasteiger partial charge in [-0.3, -0.25) is 4.79 Å². The van der Waals surface area contributed by atoms with Crippen molar-refractivity contribution in [3.8, 4) is 0 Å². The van der Waals surface area contributed by atoms with E-state index in [0.717, 1.165) is 38.8 Å². The lowest BCUT2D eigenvalue weighted by Crippen LogP contribution is -2.38. The summed E-state index contributed by atoms with van der Waals surface area (Å²) in [6.45, 7) is 4.09. The van der Waals surface area contributed by atoms with E-state index < -0.39 is 0 Å². The van der Waals surface area contributed by atoms with Crippen molar-refractivity contribution in [2.24, 2.45) is 0 Å². The van der Waals surface area contributed by atoms with E-state index in [2.05, 4.69) is 22.9 Å².